The van der Waals surface area contributed by atoms with Gasteiger partial charge in [0.1, 0.15) is 0 Å². The molecule has 108 valence electrons. The van der Waals surface area contributed by atoms with Gasteiger partial charge in [0.25, 0.3) is 0 Å². The SMILES string of the molecule is C=CCNC(=O)CN1CCN(c2ccccc2Cl)CC1. The molecular formula is C15H20ClN3O. The van der Waals surface area contributed by atoms with Crippen molar-refractivity contribution >= 4 is 23.2 Å². The molecule has 1 aromatic rings. The molecule has 0 bridgehead atoms. The van der Waals surface area contributed by atoms with Crippen LogP contribution in [-0.2, 0) is 4.79 Å². The van der Waals surface area contributed by atoms with Gasteiger partial charge in [0.2, 0.25) is 5.91 Å². The van der Waals surface area contributed by atoms with Gasteiger partial charge in [-0.25, -0.2) is 0 Å². The maximum absolute atomic E-state index is 11.6. The fourth-order valence-electron chi connectivity index (χ4n) is 2.30. The lowest BCUT2D eigenvalue weighted by Crippen LogP contribution is -2.49. The Bertz CT molecular complexity index is 470. The van der Waals surface area contributed by atoms with E-state index in [-0.39, 0.29) is 5.91 Å². The average Bonchev–Trinajstić information content (AvgIpc) is 2.47. The van der Waals surface area contributed by atoms with Crippen LogP contribution in [0.2, 0.25) is 5.02 Å². The van der Waals surface area contributed by atoms with Crippen LogP contribution in [0.3, 0.4) is 0 Å². The standard InChI is InChI=1S/C15H20ClN3O/c1-2-7-17-15(20)12-18-8-10-19(11-9-18)14-6-4-3-5-13(14)16/h2-6H,1,7-12H2,(H,17,20). The first kappa shape index (κ1) is 14.9. The Morgan fingerprint density at radius 2 is 2.00 bits per heavy atom. The van der Waals surface area contributed by atoms with Crippen molar-refractivity contribution in [1.29, 1.82) is 0 Å². The molecule has 1 fully saturated rings. The molecule has 1 heterocycles. The van der Waals surface area contributed by atoms with E-state index in [2.05, 4.69) is 21.7 Å². The number of nitrogens with one attached hydrogen (secondary N) is 1. The number of piperazine rings is 1. The molecule has 0 atom stereocenters. The summed E-state index contributed by atoms with van der Waals surface area (Å²) >= 11 is 6.21. The number of amides is 1. The second kappa shape index (κ2) is 7.31. The fraction of sp³-hybridized carbons (Fsp3) is 0.400. The first-order valence-corrected chi connectivity index (χ1v) is 7.18. The highest BCUT2D eigenvalue weighted by molar-refractivity contribution is 6.33. The maximum atomic E-state index is 11.6. The van der Waals surface area contributed by atoms with Crippen LogP contribution in [0.15, 0.2) is 36.9 Å². The first-order chi connectivity index (χ1) is 9.70. The average molecular weight is 294 g/mol. The Labute approximate surface area is 125 Å². The molecule has 1 N–H and O–H groups in total. The van der Waals surface area contributed by atoms with Crippen molar-refractivity contribution in [2.75, 3.05) is 44.2 Å². The van der Waals surface area contributed by atoms with Crippen molar-refractivity contribution in [2.24, 2.45) is 0 Å². The molecule has 1 aliphatic heterocycles. The zero-order valence-corrected chi connectivity index (χ0v) is 12.3. The molecule has 1 aromatic carbocycles. The van der Waals surface area contributed by atoms with Crippen LogP contribution in [0, 0.1) is 0 Å². The van der Waals surface area contributed by atoms with Gasteiger partial charge in [-0.15, -0.1) is 6.58 Å². The van der Waals surface area contributed by atoms with Gasteiger partial charge in [-0.3, -0.25) is 9.69 Å². The van der Waals surface area contributed by atoms with E-state index >= 15 is 0 Å². The molecule has 0 unspecified atom stereocenters. The lowest BCUT2D eigenvalue weighted by Gasteiger charge is -2.36. The molecule has 0 spiro atoms. The molecule has 0 aromatic heterocycles. The number of carbonyl (C=O) groups excluding carboxylic acids is 1. The summed E-state index contributed by atoms with van der Waals surface area (Å²) < 4.78 is 0. The van der Waals surface area contributed by atoms with Gasteiger partial charge in [-0.1, -0.05) is 29.8 Å². The van der Waals surface area contributed by atoms with Crippen molar-refractivity contribution in [3.05, 3.63) is 41.9 Å². The van der Waals surface area contributed by atoms with Crippen molar-refractivity contribution in [3.8, 4) is 0 Å². The third-order valence-electron chi connectivity index (χ3n) is 3.38. The fourth-order valence-corrected chi connectivity index (χ4v) is 2.56. The molecular weight excluding hydrogens is 274 g/mol. The summed E-state index contributed by atoms with van der Waals surface area (Å²) in [5, 5.41) is 3.58. The number of hydrogen-bond acceptors (Lipinski definition) is 3. The van der Waals surface area contributed by atoms with E-state index in [0.29, 0.717) is 13.1 Å². The number of carbonyl (C=O) groups is 1. The number of rotatable bonds is 5. The summed E-state index contributed by atoms with van der Waals surface area (Å²) in [5.74, 6) is 0.0519. The van der Waals surface area contributed by atoms with Gasteiger partial charge < -0.3 is 10.2 Å². The van der Waals surface area contributed by atoms with Crippen LogP contribution >= 0.6 is 11.6 Å². The maximum Gasteiger partial charge on any atom is 0.234 e. The highest BCUT2D eigenvalue weighted by Gasteiger charge is 2.20. The highest BCUT2D eigenvalue weighted by Crippen LogP contribution is 2.25. The number of hydrogen-bond donors (Lipinski definition) is 1. The van der Waals surface area contributed by atoms with Crippen molar-refractivity contribution in [3.63, 3.8) is 0 Å². The van der Waals surface area contributed by atoms with Gasteiger partial charge >= 0.3 is 0 Å². The van der Waals surface area contributed by atoms with Crippen LogP contribution < -0.4 is 10.2 Å². The van der Waals surface area contributed by atoms with E-state index in [9.17, 15) is 4.79 Å². The predicted octanol–water partition coefficient (Wildman–Crippen LogP) is 1.76. The number of halogens is 1. The third-order valence-corrected chi connectivity index (χ3v) is 3.70. The van der Waals surface area contributed by atoms with Gasteiger partial charge in [0.15, 0.2) is 0 Å². The molecule has 0 radical (unpaired) electrons. The van der Waals surface area contributed by atoms with E-state index in [1.54, 1.807) is 6.08 Å². The monoisotopic (exact) mass is 293 g/mol. The van der Waals surface area contributed by atoms with Crippen molar-refractivity contribution in [2.45, 2.75) is 0 Å². The molecule has 0 aliphatic carbocycles. The van der Waals surface area contributed by atoms with Gasteiger partial charge in [0, 0.05) is 32.7 Å². The minimum atomic E-state index is 0.0519. The van der Waals surface area contributed by atoms with Crippen LogP contribution in [0.1, 0.15) is 0 Å². The predicted molar refractivity (Wildman–Crippen MR) is 83.3 cm³/mol. The number of anilines is 1. The van der Waals surface area contributed by atoms with E-state index < -0.39 is 0 Å². The molecule has 0 saturated carbocycles. The van der Waals surface area contributed by atoms with Gasteiger partial charge in [-0.2, -0.15) is 0 Å². The molecule has 20 heavy (non-hydrogen) atoms. The molecule has 4 nitrogen and oxygen atoms in total. The zero-order chi connectivity index (χ0) is 14.4. The summed E-state index contributed by atoms with van der Waals surface area (Å²) in [7, 11) is 0. The Morgan fingerprint density at radius 1 is 1.30 bits per heavy atom. The van der Waals surface area contributed by atoms with Gasteiger partial charge in [0.05, 0.1) is 17.3 Å². The van der Waals surface area contributed by atoms with E-state index in [4.69, 9.17) is 11.6 Å². The Balaban J connectivity index is 1.82. The smallest absolute Gasteiger partial charge is 0.234 e. The van der Waals surface area contributed by atoms with Crippen LogP contribution in [-0.4, -0.2) is 50.1 Å². The summed E-state index contributed by atoms with van der Waals surface area (Å²) in [5.41, 5.74) is 1.07. The summed E-state index contributed by atoms with van der Waals surface area (Å²) in [6, 6.07) is 7.88. The zero-order valence-electron chi connectivity index (χ0n) is 11.5. The highest BCUT2D eigenvalue weighted by atomic mass is 35.5. The minimum Gasteiger partial charge on any atom is -0.368 e. The first-order valence-electron chi connectivity index (χ1n) is 6.80. The number of para-hydroxylation sites is 1. The molecule has 1 saturated heterocycles. The summed E-state index contributed by atoms with van der Waals surface area (Å²) in [6.45, 7) is 8.07. The van der Waals surface area contributed by atoms with E-state index in [1.165, 1.54) is 0 Å². The van der Waals surface area contributed by atoms with Crippen LogP contribution in [0.5, 0.6) is 0 Å². The molecule has 1 amide bonds. The minimum absolute atomic E-state index is 0.0519. The van der Waals surface area contributed by atoms with Crippen LogP contribution in [0.4, 0.5) is 5.69 Å². The quantitative estimate of drug-likeness (QED) is 0.841. The second-order valence-corrected chi connectivity index (χ2v) is 5.21. The number of benzene rings is 1. The largest absolute Gasteiger partial charge is 0.368 e. The Morgan fingerprint density at radius 3 is 2.65 bits per heavy atom. The summed E-state index contributed by atoms with van der Waals surface area (Å²) in [6.07, 6.45) is 1.69. The lowest BCUT2D eigenvalue weighted by atomic mass is 10.2. The van der Waals surface area contributed by atoms with Crippen molar-refractivity contribution in [1.82, 2.24) is 10.2 Å². The summed E-state index contributed by atoms with van der Waals surface area (Å²) in [4.78, 5) is 16.1. The third kappa shape index (κ3) is 3.99. The number of nitrogens with zero attached hydrogens (tertiary/aromatic N) is 2. The molecule has 1 aliphatic rings. The second-order valence-electron chi connectivity index (χ2n) is 4.81. The molecule has 5 heteroatoms. The topological polar surface area (TPSA) is 35.6 Å². The Hall–Kier alpha value is -1.52. The van der Waals surface area contributed by atoms with Crippen molar-refractivity contribution < 1.29 is 4.79 Å². The molecule has 2 rings (SSSR count). The van der Waals surface area contributed by atoms with Crippen LogP contribution in [0.25, 0.3) is 0 Å². The Kier molecular flexibility index (Phi) is 5.44. The van der Waals surface area contributed by atoms with Gasteiger partial charge in [-0.05, 0) is 12.1 Å². The lowest BCUT2D eigenvalue weighted by molar-refractivity contribution is -0.122. The van der Waals surface area contributed by atoms with E-state index in [1.807, 2.05) is 24.3 Å². The van der Waals surface area contributed by atoms with E-state index in [0.717, 1.165) is 36.9 Å². The normalized spacial score (nSPS) is 15.9.